The number of hydrogen-bond donors (Lipinski definition) is 2. The summed E-state index contributed by atoms with van der Waals surface area (Å²) in [5.41, 5.74) is 1.73. The number of benzene rings is 1. The third-order valence-corrected chi connectivity index (χ3v) is 5.64. The molecule has 2 aromatic rings. The highest BCUT2D eigenvalue weighted by atomic mass is 32.1. The number of carbonyl (C=O) groups excluding carboxylic acids is 3. The van der Waals surface area contributed by atoms with Gasteiger partial charge in [0.15, 0.2) is 5.13 Å². The topological polar surface area (TPSA) is 94.6 Å². The second kappa shape index (κ2) is 10.2. The molecule has 1 aliphatic rings. The van der Waals surface area contributed by atoms with Crippen molar-refractivity contribution in [1.29, 1.82) is 0 Å². The third-order valence-electron chi connectivity index (χ3n) is 4.84. The van der Waals surface area contributed by atoms with Crippen molar-refractivity contribution in [3.63, 3.8) is 0 Å². The monoisotopic (exact) mass is 429 g/mol. The first-order valence-electron chi connectivity index (χ1n) is 10.0. The van der Waals surface area contributed by atoms with Gasteiger partial charge in [0.1, 0.15) is 0 Å². The molecule has 160 valence electrons. The minimum Gasteiger partial charge on any atom is -0.368 e. The molecule has 9 heteroatoms. The number of para-hydroxylation sites is 1. The van der Waals surface area contributed by atoms with E-state index >= 15 is 0 Å². The van der Waals surface area contributed by atoms with Gasteiger partial charge in [0.2, 0.25) is 17.7 Å². The van der Waals surface area contributed by atoms with E-state index in [9.17, 15) is 14.4 Å². The Balaban J connectivity index is 1.39. The van der Waals surface area contributed by atoms with Gasteiger partial charge in [-0.15, -0.1) is 11.3 Å². The summed E-state index contributed by atoms with van der Waals surface area (Å²) in [6, 6.07) is 10.1. The van der Waals surface area contributed by atoms with Gasteiger partial charge in [-0.2, -0.15) is 0 Å². The van der Waals surface area contributed by atoms with Gasteiger partial charge in [0.05, 0.1) is 18.7 Å². The first kappa shape index (κ1) is 21.8. The van der Waals surface area contributed by atoms with Gasteiger partial charge < -0.3 is 20.4 Å². The van der Waals surface area contributed by atoms with Gasteiger partial charge >= 0.3 is 0 Å². The standard InChI is InChI=1S/C21H27N5O3S/c1-15(2)20(29)24-21-23-16(14-30-21)12-18(27)22-13-19(28)26-10-8-25(9-11-26)17-6-4-3-5-7-17/h3-7,14-15H,8-13H2,1-2H3,(H,22,27)(H,23,24,29). The molecule has 0 aliphatic carbocycles. The van der Waals surface area contributed by atoms with Crippen molar-refractivity contribution in [2.75, 3.05) is 42.9 Å². The molecule has 1 aliphatic heterocycles. The van der Waals surface area contributed by atoms with Crippen molar-refractivity contribution in [2.45, 2.75) is 20.3 Å². The summed E-state index contributed by atoms with van der Waals surface area (Å²) in [4.78, 5) is 44.6. The van der Waals surface area contributed by atoms with Gasteiger partial charge in [-0.3, -0.25) is 14.4 Å². The van der Waals surface area contributed by atoms with Gasteiger partial charge in [-0.1, -0.05) is 32.0 Å². The lowest BCUT2D eigenvalue weighted by Crippen LogP contribution is -2.51. The molecule has 0 atom stereocenters. The van der Waals surface area contributed by atoms with Crippen LogP contribution in [-0.2, 0) is 20.8 Å². The lowest BCUT2D eigenvalue weighted by molar-refractivity contribution is -0.133. The Bertz CT molecular complexity index is 876. The molecule has 3 rings (SSSR count). The minimum atomic E-state index is -0.265. The van der Waals surface area contributed by atoms with Crippen molar-refractivity contribution < 1.29 is 14.4 Å². The quantitative estimate of drug-likeness (QED) is 0.699. The molecule has 1 saturated heterocycles. The highest BCUT2D eigenvalue weighted by Crippen LogP contribution is 2.17. The summed E-state index contributed by atoms with van der Waals surface area (Å²) in [5.74, 6) is -0.600. The lowest BCUT2D eigenvalue weighted by Gasteiger charge is -2.36. The number of hydrogen-bond acceptors (Lipinski definition) is 6. The average Bonchev–Trinajstić information content (AvgIpc) is 3.19. The molecule has 0 saturated carbocycles. The zero-order chi connectivity index (χ0) is 21.5. The second-order valence-corrected chi connectivity index (χ2v) is 8.30. The highest BCUT2D eigenvalue weighted by Gasteiger charge is 2.21. The maximum Gasteiger partial charge on any atom is 0.242 e. The molecule has 8 nitrogen and oxygen atoms in total. The van der Waals surface area contributed by atoms with Gasteiger partial charge in [0, 0.05) is 43.2 Å². The second-order valence-electron chi connectivity index (χ2n) is 7.44. The number of carbonyl (C=O) groups is 3. The molecule has 0 bridgehead atoms. The van der Waals surface area contributed by atoms with Crippen LogP contribution >= 0.6 is 11.3 Å². The largest absolute Gasteiger partial charge is 0.368 e. The fourth-order valence-electron chi connectivity index (χ4n) is 3.06. The third kappa shape index (κ3) is 6.03. The molecular formula is C21H27N5O3S. The Morgan fingerprint density at radius 1 is 1.10 bits per heavy atom. The Kier molecular flexibility index (Phi) is 7.40. The highest BCUT2D eigenvalue weighted by molar-refractivity contribution is 7.13. The Morgan fingerprint density at radius 2 is 1.80 bits per heavy atom. The van der Waals surface area contributed by atoms with Gasteiger partial charge in [0.25, 0.3) is 0 Å². The van der Waals surface area contributed by atoms with Crippen molar-refractivity contribution in [3.8, 4) is 0 Å². The van der Waals surface area contributed by atoms with Crippen LogP contribution in [0.25, 0.3) is 0 Å². The minimum absolute atomic E-state index is 0.0226. The van der Waals surface area contributed by atoms with E-state index in [1.165, 1.54) is 11.3 Å². The van der Waals surface area contributed by atoms with E-state index < -0.39 is 0 Å². The number of nitrogens with one attached hydrogen (secondary N) is 2. The van der Waals surface area contributed by atoms with Crippen molar-refractivity contribution in [2.24, 2.45) is 5.92 Å². The van der Waals surface area contributed by atoms with Crippen molar-refractivity contribution in [3.05, 3.63) is 41.4 Å². The number of piperazine rings is 1. The summed E-state index contributed by atoms with van der Waals surface area (Å²) in [5, 5.41) is 7.60. The molecule has 0 radical (unpaired) electrons. The summed E-state index contributed by atoms with van der Waals surface area (Å²) < 4.78 is 0. The van der Waals surface area contributed by atoms with E-state index in [0.717, 1.165) is 18.8 Å². The first-order valence-corrected chi connectivity index (χ1v) is 10.9. The van der Waals surface area contributed by atoms with E-state index in [-0.39, 0.29) is 36.6 Å². The smallest absolute Gasteiger partial charge is 0.242 e. The molecule has 2 heterocycles. The normalized spacial score (nSPS) is 14.0. The van der Waals surface area contributed by atoms with E-state index in [1.54, 1.807) is 24.1 Å². The zero-order valence-corrected chi connectivity index (χ0v) is 18.1. The zero-order valence-electron chi connectivity index (χ0n) is 17.3. The summed E-state index contributed by atoms with van der Waals surface area (Å²) in [6.45, 7) is 6.39. The number of anilines is 2. The van der Waals surface area contributed by atoms with Crippen LogP contribution in [0.15, 0.2) is 35.7 Å². The molecule has 0 spiro atoms. The van der Waals surface area contributed by atoms with Gasteiger partial charge in [-0.05, 0) is 12.1 Å². The molecule has 1 aromatic heterocycles. The molecule has 1 fully saturated rings. The Morgan fingerprint density at radius 3 is 2.47 bits per heavy atom. The van der Waals surface area contributed by atoms with Crippen LogP contribution in [0, 0.1) is 5.92 Å². The Hall–Kier alpha value is -2.94. The van der Waals surface area contributed by atoms with Crippen LogP contribution in [0.4, 0.5) is 10.8 Å². The number of nitrogens with zero attached hydrogens (tertiary/aromatic N) is 3. The fourth-order valence-corrected chi connectivity index (χ4v) is 3.77. The summed E-state index contributed by atoms with van der Waals surface area (Å²) >= 11 is 1.28. The maximum absolute atomic E-state index is 12.4. The maximum atomic E-state index is 12.4. The fraction of sp³-hybridized carbons (Fsp3) is 0.429. The molecule has 2 N–H and O–H groups in total. The Labute approximate surface area is 180 Å². The van der Waals surface area contributed by atoms with E-state index in [0.29, 0.717) is 23.9 Å². The van der Waals surface area contributed by atoms with Crippen molar-refractivity contribution >= 4 is 39.9 Å². The van der Waals surface area contributed by atoms with E-state index in [4.69, 9.17) is 0 Å². The van der Waals surface area contributed by atoms with Crippen molar-refractivity contribution in [1.82, 2.24) is 15.2 Å². The van der Waals surface area contributed by atoms with Crippen LogP contribution in [0.1, 0.15) is 19.5 Å². The van der Waals surface area contributed by atoms with E-state index in [1.807, 2.05) is 18.2 Å². The lowest BCUT2D eigenvalue weighted by atomic mass is 10.2. The van der Waals surface area contributed by atoms with Crippen LogP contribution in [0.5, 0.6) is 0 Å². The van der Waals surface area contributed by atoms with Crippen LogP contribution in [0.2, 0.25) is 0 Å². The van der Waals surface area contributed by atoms with Crippen LogP contribution in [0.3, 0.4) is 0 Å². The van der Waals surface area contributed by atoms with E-state index in [2.05, 4.69) is 32.7 Å². The molecule has 1 aromatic carbocycles. The number of aromatic nitrogens is 1. The first-order chi connectivity index (χ1) is 14.4. The average molecular weight is 430 g/mol. The number of amides is 3. The molecular weight excluding hydrogens is 402 g/mol. The predicted molar refractivity (Wildman–Crippen MR) is 118 cm³/mol. The molecule has 0 unspecified atom stereocenters. The number of rotatable bonds is 7. The summed E-state index contributed by atoms with van der Waals surface area (Å²) in [6.07, 6.45) is 0.0725. The van der Waals surface area contributed by atoms with Crippen LogP contribution < -0.4 is 15.5 Å². The molecule has 3 amide bonds. The predicted octanol–water partition coefficient (Wildman–Crippen LogP) is 1.75. The molecule has 30 heavy (non-hydrogen) atoms. The SMILES string of the molecule is CC(C)C(=O)Nc1nc(CC(=O)NCC(=O)N2CCN(c3ccccc3)CC2)cs1. The number of thiazole rings is 1. The summed E-state index contributed by atoms with van der Waals surface area (Å²) in [7, 11) is 0. The van der Waals surface area contributed by atoms with Crippen LogP contribution in [-0.4, -0.2) is 60.3 Å². The van der Waals surface area contributed by atoms with Gasteiger partial charge in [-0.25, -0.2) is 4.98 Å².